The second-order valence-corrected chi connectivity index (χ2v) is 5.67. The van der Waals surface area contributed by atoms with E-state index in [-0.39, 0.29) is 5.75 Å². The minimum atomic E-state index is 0.174. The number of rotatable bonds is 6. The molecule has 0 unspecified atom stereocenters. The molecule has 1 N–H and O–H groups in total. The highest BCUT2D eigenvalue weighted by atomic mass is 32.2. The molecule has 0 spiro atoms. The van der Waals surface area contributed by atoms with E-state index < -0.39 is 0 Å². The Labute approximate surface area is 128 Å². The van der Waals surface area contributed by atoms with Crippen molar-refractivity contribution in [1.82, 2.24) is 19.7 Å². The van der Waals surface area contributed by atoms with E-state index in [2.05, 4.69) is 21.2 Å². The summed E-state index contributed by atoms with van der Waals surface area (Å²) >= 11 is 1.35. The van der Waals surface area contributed by atoms with E-state index in [0.29, 0.717) is 28.8 Å². The third-order valence-corrected chi connectivity index (χ3v) is 3.73. The summed E-state index contributed by atoms with van der Waals surface area (Å²) < 4.78 is 1.94. The highest BCUT2D eigenvalue weighted by Crippen LogP contribution is 2.29. The van der Waals surface area contributed by atoms with Crippen molar-refractivity contribution in [2.75, 3.05) is 26.4 Å². The van der Waals surface area contributed by atoms with Crippen LogP contribution < -0.4 is 0 Å². The van der Waals surface area contributed by atoms with Crippen LogP contribution in [-0.2, 0) is 6.54 Å². The van der Waals surface area contributed by atoms with Crippen LogP contribution in [0.2, 0.25) is 0 Å². The van der Waals surface area contributed by atoms with Gasteiger partial charge >= 0.3 is 0 Å². The van der Waals surface area contributed by atoms with Gasteiger partial charge in [-0.25, -0.2) is 0 Å². The third-order valence-electron chi connectivity index (χ3n) is 2.90. The average Bonchev–Trinajstić information content (AvgIpc) is 2.86. The van der Waals surface area contributed by atoms with Crippen molar-refractivity contribution in [3.05, 3.63) is 24.3 Å². The first-order valence-corrected chi connectivity index (χ1v) is 7.48. The Balaban J connectivity index is 2.38. The van der Waals surface area contributed by atoms with Crippen molar-refractivity contribution in [3.63, 3.8) is 0 Å². The van der Waals surface area contributed by atoms with Gasteiger partial charge in [0.05, 0.1) is 17.4 Å². The molecule has 0 fully saturated rings. The predicted octanol–water partition coefficient (Wildman–Crippen LogP) is 1.83. The molecule has 0 aliphatic rings. The quantitative estimate of drug-likeness (QED) is 0.820. The molecule has 1 heterocycles. The molecule has 0 radical (unpaired) electrons. The van der Waals surface area contributed by atoms with E-state index in [0.717, 1.165) is 6.54 Å². The molecule has 2 rings (SSSR count). The van der Waals surface area contributed by atoms with Gasteiger partial charge < -0.3 is 14.6 Å². The molecule has 0 saturated carbocycles. The van der Waals surface area contributed by atoms with Crippen LogP contribution in [0, 0.1) is 11.3 Å². The van der Waals surface area contributed by atoms with Crippen LogP contribution in [0.15, 0.2) is 29.4 Å². The number of aromatic hydroxyl groups is 1. The van der Waals surface area contributed by atoms with Crippen molar-refractivity contribution in [2.45, 2.75) is 11.7 Å². The second-order valence-electron chi connectivity index (χ2n) is 4.73. The summed E-state index contributed by atoms with van der Waals surface area (Å²) in [6, 6.07) is 9.15. The molecule has 0 aliphatic carbocycles. The number of thioether (sulfide) groups is 1. The Kier molecular flexibility index (Phi) is 5.20. The minimum Gasteiger partial charge on any atom is -0.507 e. The molecular weight excluding hydrogens is 286 g/mol. The largest absolute Gasteiger partial charge is 0.507 e. The van der Waals surface area contributed by atoms with Crippen LogP contribution in [0.25, 0.3) is 11.4 Å². The van der Waals surface area contributed by atoms with Crippen LogP contribution in [0.5, 0.6) is 5.75 Å². The van der Waals surface area contributed by atoms with Crippen LogP contribution in [0.4, 0.5) is 0 Å². The maximum absolute atomic E-state index is 10.0. The van der Waals surface area contributed by atoms with Crippen molar-refractivity contribution in [3.8, 4) is 23.2 Å². The monoisotopic (exact) mass is 303 g/mol. The summed E-state index contributed by atoms with van der Waals surface area (Å²) in [5.41, 5.74) is 0.646. The SMILES string of the molecule is CN(C)CCn1c(SCC#N)nnc1-c1ccccc1O. The highest BCUT2D eigenvalue weighted by Gasteiger charge is 2.16. The van der Waals surface area contributed by atoms with E-state index >= 15 is 0 Å². The molecule has 110 valence electrons. The van der Waals surface area contributed by atoms with E-state index in [1.807, 2.05) is 30.8 Å². The van der Waals surface area contributed by atoms with E-state index in [9.17, 15) is 5.11 Å². The average molecular weight is 303 g/mol. The first kappa shape index (κ1) is 15.4. The number of para-hydroxylation sites is 1. The van der Waals surface area contributed by atoms with Crippen molar-refractivity contribution in [2.24, 2.45) is 0 Å². The zero-order valence-corrected chi connectivity index (χ0v) is 12.8. The number of aromatic nitrogens is 3. The molecule has 1 aromatic carbocycles. The van der Waals surface area contributed by atoms with Crippen molar-refractivity contribution >= 4 is 11.8 Å². The number of nitriles is 1. The number of hydrogen-bond donors (Lipinski definition) is 1. The fourth-order valence-corrected chi connectivity index (χ4v) is 2.48. The molecule has 7 heteroatoms. The number of hydrogen-bond acceptors (Lipinski definition) is 6. The molecular formula is C14H17N5OS. The van der Waals surface area contributed by atoms with Crippen LogP contribution in [-0.4, -0.2) is 51.2 Å². The topological polar surface area (TPSA) is 78.0 Å². The van der Waals surface area contributed by atoms with Gasteiger partial charge in [0, 0.05) is 13.1 Å². The fraction of sp³-hybridized carbons (Fsp3) is 0.357. The summed E-state index contributed by atoms with van der Waals surface area (Å²) in [7, 11) is 3.98. The molecule has 0 saturated heterocycles. The molecule has 0 amide bonds. The smallest absolute Gasteiger partial charge is 0.192 e. The molecule has 1 aromatic heterocycles. The van der Waals surface area contributed by atoms with Gasteiger partial charge in [-0.3, -0.25) is 0 Å². The molecule has 2 aromatic rings. The van der Waals surface area contributed by atoms with Gasteiger partial charge in [0.15, 0.2) is 11.0 Å². The van der Waals surface area contributed by atoms with Gasteiger partial charge in [0.25, 0.3) is 0 Å². The third kappa shape index (κ3) is 3.74. The molecule has 21 heavy (non-hydrogen) atoms. The second kappa shape index (κ2) is 7.11. The molecule has 0 aliphatic heterocycles. The lowest BCUT2D eigenvalue weighted by Crippen LogP contribution is -2.19. The number of nitrogens with zero attached hydrogens (tertiary/aromatic N) is 5. The van der Waals surface area contributed by atoms with Crippen LogP contribution in [0.3, 0.4) is 0 Å². The van der Waals surface area contributed by atoms with Crippen molar-refractivity contribution in [1.29, 1.82) is 5.26 Å². The lowest BCUT2D eigenvalue weighted by atomic mass is 10.2. The molecule has 6 nitrogen and oxygen atoms in total. The minimum absolute atomic E-state index is 0.174. The maximum atomic E-state index is 10.0. The zero-order valence-electron chi connectivity index (χ0n) is 12.0. The van der Waals surface area contributed by atoms with E-state index in [1.165, 1.54) is 11.8 Å². The van der Waals surface area contributed by atoms with Gasteiger partial charge in [-0.1, -0.05) is 23.9 Å². The van der Waals surface area contributed by atoms with Gasteiger partial charge in [0.2, 0.25) is 0 Å². The Hall–Kier alpha value is -2.04. The summed E-state index contributed by atoms with van der Waals surface area (Å²) in [6.45, 7) is 1.51. The zero-order chi connectivity index (χ0) is 15.2. The first-order valence-electron chi connectivity index (χ1n) is 6.49. The number of benzene rings is 1. The highest BCUT2D eigenvalue weighted by molar-refractivity contribution is 7.99. The lowest BCUT2D eigenvalue weighted by Gasteiger charge is -2.13. The fourth-order valence-electron chi connectivity index (χ4n) is 1.86. The maximum Gasteiger partial charge on any atom is 0.192 e. The normalized spacial score (nSPS) is 10.8. The number of phenols is 1. The molecule has 0 bridgehead atoms. The van der Waals surface area contributed by atoms with Gasteiger partial charge in [0.1, 0.15) is 5.75 Å². The van der Waals surface area contributed by atoms with Crippen LogP contribution in [0.1, 0.15) is 0 Å². The number of phenolic OH excluding ortho intramolecular Hbond substituents is 1. The Morgan fingerprint density at radius 2 is 2.10 bits per heavy atom. The first-order chi connectivity index (χ1) is 10.1. The Bertz CT molecular complexity index is 647. The predicted molar refractivity (Wildman–Crippen MR) is 82.0 cm³/mol. The molecule has 0 atom stereocenters. The van der Waals surface area contributed by atoms with E-state index in [4.69, 9.17) is 5.26 Å². The van der Waals surface area contributed by atoms with Gasteiger partial charge in [-0.15, -0.1) is 10.2 Å². The van der Waals surface area contributed by atoms with Crippen molar-refractivity contribution < 1.29 is 5.11 Å². The van der Waals surface area contributed by atoms with Crippen LogP contribution >= 0.6 is 11.8 Å². The summed E-state index contributed by atoms with van der Waals surface area (Å²) in [4.78, 5) is 2.06. The summed E-state index contributed by atoms with van der Waals surface area (Å²) in [5.74, 6) is 1.11. The number of likely N-dealkylation sites (N-methyl/N-ethyl adjacent to an activating group) is 1. The van der Waals surface area contributed by atoms with Gasteiger partial charge in [-0.05, 0) is 26.2 Å². The van der Waals surface area contributed by atoms with E-state index in [1.54, 1.807) is 12.1 Å². The standard InChI is InChI=1S/C14H17N5OS/c1-18(2)8-9-19-13(11-5-3-4-6-12(11)20)16-17-14(19)21-10-7-15/h3-6,20H,8-10H2,1-2H3. The van der Waals surface area contributed by atoms with Gasteiger partial charge in [-0.2, -0.15) is 5.26 Å². The summed E-state index contributed by atoms with van der Waals surface area (Å²) in [6.07, 6.45) is 0. The lowest BCUT2D eigenvalue weighted by molar-refractivity contribution is 0.377. The Morgan fingerprint density at radius 1 is 1.33 bits per heavy atom. The Morgan fingerprint density at radius 3 is 2.76 bits per heavy atom. The summed E-state index contributed by atoms with van der Waals surface area (Å²) in [5, 5.41) is 27.7.